The summed E-state index contributed by atoms with van der Waals surface area (Å²) in [5.41, 5.74) is 0.909. The molecule has 0 aromatic heterocycles. The number of nitrogens with one attached hydrogen (secondary N) is 1. The van der Waals surface area contributed by atoms with Crippen molar-refractivity contribution >= 4 is 35.8 Å². The average Bonchev–Trinajstić information content (AvgIpc) is 2.14. The largest absolute Gasteiger partial charge is 0.412 e. The third-order valence-corrected chi connectivity index (χ3v) is 6.23. The topological polar surface area (TPSA) is 38.3 Å². The highest BCUT2D eigenvalue weighted by atomic mass is 32.7. The van der Waals surface area contributed by atoms with E-state index in [0.29, 0.717) is 6.42 Å². The molecule has 0 aliphatic heterocycles. The minimum atomic E-state index is -4.51. The highest BCUT2D eigenvalue weighted by molar-refractivity contribution is 8.56. The van der Waals surface area contributed by atoms with Gasteiger partial charge in [0.1, 0.15) is 0 Å². The average molecular weight is 295 g/mol. The summed E-state index contributed by atoms with van der Waals surface area (Å²) in [6, 6.07) is 0. The molecule has 0 fully saturated rings. The third-order valence-electron chi connectivity index (χ3n) is 1.50. The molecular weight excluding hydrogens is 282 g/mol. The van der Waals surface area contributed by atoms with E-state index in [1.807, 2.05) is 6.92 Å². The summed E-state index contributed by atoms with van der Waals surface area (Å²) in [5, 5.41) is 2.10. The van der Waals surface area contributed by atoms with Crippen LogP contribution in [0.25, 0.3) is 0 Å². The first kappa shape index (κ1) is 16.2. The molecule has 0 spiro atoms. The van der Waals surface area contributed by atoms with Crippen molar-refractivity contribution in [1.29, 1.82) is 0 Å². The predicted molar refractivity (Wildman–Crippen MR) is 63.7 cm³/mol. The number of halogens is 3. The summed E-state index contributed by atoms with van der Waals surface area (Å²) in [6.45, 7) is -1.57. The number of rotatable bonds is 7. The minimum absolute atomic E-state index is 0.0819. The van der Waals surface area contributed by atoms with Gasteiger partial charge in [0.05, 0.1) is 5.49 Å². The first-order valence-electron chi connectivity index (χ1n) is 4.43. The molecule has 0 saturated carbocycles. The van der Waals surface area contributed by atoms with Gasteiger partial charge in [-0.25, -0.2) is 0 Å². The van der Waals surface area contributed by atoms with E-state index in [2.05, 4.69) is 21.8 Å². The van der Waals surface area contributed by atoms with Gasteiger partial charge in [-0.3, -0.25) is 9.09 Å². The maximum Gasteiger partial charge on any atom is 0.412 e. The van der Waals surface area contributed by atoms with E-state index in [9.17, 15) is 17.7 Å². The Hall–Kier alpha value is 0.220. The molecule has 2 atom stereocenters. The van der Waals surface area contributed by atoms with Crippen molar-refractivity contribution in [1.82, 2.24) is 5.09 Å². The molecule has 3 nitrogen and oxygen atoms in total. The zero-order valence-electron chi connectivity index (χ0n) is 8.78. The molecule has 16 heavy (non-hydrogen) atoms. The Kier molecular flexibility index (Phi) is 6.93. The molecule has 0 radical (unpaired) electrons. The van der Waals surface area contributed by atoms with Crippen molar-refractivity contribution in [2.75, 3.05) is 6.61 Å². The van der Waals surface area contributed by atoms with E-state index in [1.165, 1.54) is 0 Å². The molecule has 1 N–H and O–H groups in total. The highest BCUT2D eigenvalue weighted by Crippen LogP contribution is 2.58. The predicted octanol–water partition coefficient (Wildman–Crippen LogP) is 3.75. The van der Waals surface area contributed by atoms with Gasteiger partial charge in [0, 0.05) is 5.25 Å². The molecule has 0 aliphatic carbocycles. The quantitative estimate of drug-likeness (QED) is 0.572. The van der Waals surface area contributed by atoms with Crippen LogP contribution >= 0.6 is 30.3 Å². The normalized spacial score (nSPS) is 17.6. The highest BCUT2D eigenvalue weighted by Gasteiger charge is 2.34. The Labute approximate surface area is 102 Å². The number of hydrogen-bond acceptors (Lipinski definition) is 4. The Balaban J connectivity index is 4.45. The fraction of sp³-hybridized carbons (Fsp3) is 0.857. The second-order valence-electron chi connectivity index (χ2n) is 2.96. The Bertz CT molecular complexity index is 275. The molecule has 0 saturated heterocycles. The van der Waals surface area contributed by atoms with Crippen LogP contribution in [0.15, 0.2) is 0 Å². The smallest absolute Gasteiger partial charge is 0.304 e. The molecule has 0 aliphatic rings. The van der Waals surface area contributed by atoms with Gasteiger partial charge in [-0.1, -0.05) is 26.1 Å². The van der Waals surface area contributed by atoms with Crippen LogP contribution in [0.5, 0.6) is 0 Å². The van der Waals surface area contributed by atoms with Gasteiger partial charge in [0.15, 0.2) is 6.61 Å². The first-order chi connectivity index (χ1) is 7.22. The van der Waals surface area contributed by atoms with E-state index >= 15 is 0 Å². The van der Waals surface area contributed by atoms with Gasteiger partial charge in [0.25, 0.3) is 0 Å². The zero-order chi connectivity index (χ0) is 12.8. The van der Waals surface area contributed by atoms with Gasteiger partial charge < -0.3 is 5.09 Å². The second-order valence-corrected chi connectivity index (χ2v) is 7.79. The lowest BCUT2D eigenvalue weighted by molar-refractivity contribution is -0.152. The molecule has 2 unspecified atom stereocenters. The minimum Gasteiger partial charge on any atom is -0.304 e. The summed E-state index contributed by atoms with van der Waals surface area (Å²) in [4.78, 5) is 0. The number of thiocarbonyl (C=S) groups is 1. The lowest BCUT2D eigenvalue weighted by atomic mass is 10.4. The molecule has 0 aromatic rings. The summed E-state index contributed by atoms with van der Waals surface area (Å²) in [5.74, 6) is 0. The lowest BCUT2D eigenvalue weighted by Crippen LogP contribution is -2.19. The van der Waals surface area contributed by atoms with Crippen molar-refractivity contribution in [2.24, 2.45) is 0 Å². The van der Waals surface area contributed by atoms with E-state index in [-0.39, 0.29) is 5.25 Å². The van der Waals surface area contributed by atoms with E-state index in [1.54, 1.807) is 6.92 Å². The van der Waals surface area contributed by atoms with E-state index in [4.69, 9.17) is 0 Å². The molecule has 9 heteroatoms. The summed E-state index contributed by atoms with van der Waals surface area (Å²) in [6.07, 6.45) is -3.84. The van der Waals surface area contributed by atoms with Crippen LogP contribution in [-0.2, 0) is 9.09 Å². The monoisotopic (exact) mass is 295 g/mol. The van der Waals surface area contributed by atoms with Crippen molar-refractivity contribution in [3.05, 3.63) is 0 Å². The number of alkyl halides is 3. The van der Waals surface area contributed by atoms with Crippen molar-refractivity contribution < 1.29 is 22.3 Å². The molecule has 0 amide bonds. The fourth-order valence-electron chi connectivity index (χ4n) is 0.632. The zero-order valence-corrected chi connectivity index (χ0v) is 11.3. The van der Waals surface area contributed by atoms with Crippen molar-refractivity contribution in [3.8, 4) is 0 Å². The van der Waals surface area contributed by atoms with E-state index in [0.717, 1.165) is 16.9 Å². The van der Waals surface area contributed by atoms with Gasteiger partial charge in [-0.2, -0.15) is 13.2 Å². The molecular formula is C7H13F3NO2PS2. The van der Waals surface area contributed by atoms with Gasteiger partial charge in [0.2, 0.25) is 0 Å². The third kappa shape index (κ3) is 7.49. The van der Waals surface area contributed by atoms with Gasteiger partial charge in [-0.05, 0) is 17.8 Å². The van der Waals surface area contributed by atoms with Crippen molar-refractivity contribution in [3.63, 3.8) is 0 Å². The van der Waals surface area contributed by atoms with Gasteiger partial charge >= 0.3 is 12.9 Å². The maximum atomic E-state index is 11.9. The SMILES string of the molecule is CCC(C)SP(=O)(NC=S)OCC(F)(F)F. The summed E-state index contributed by atoms with van der Waals surface area (Å²) >= 11 is 5.25. The van der Waals surface area contributed by atoms with Crippen LogP contribution in [0.3, 0.4) is 0 Å². The van der Waals surface area contributed by atoms with Crippen LogP contribution in [0, 0.1) is 0 Å². The van der Waals surface area contributed by atoms with Crippen LogP contribution in [-0.4, -0.2) is 23.5 Å². The fourth-order valence-corrected chi connectivity index (χ4v) is 5.06. The van der Waals surface area contributed by atoms with Crippen molar-refractivity contribution in [2.45, 2.75) is 31.7 Å². The van der Waals surface area contributed by atoms with Gasteiger partial charge in [-0.15, -0.1) is 0 Å². The maximum absolute atomic E-state index is 11.9. The first-order valence-corrected chi connectivity index (χ1v) is 8.01. The van der Waals surface area contributed by atoms with E-state index < -0.39 is 19.5 Å². The Morgan fingerprint density at radius 2 is 2.19 bits per heavy atom. The number of hydrogen-bond donors (Lipinski definition) is 1. The van der Waals surface area contributed by atoms with Crippen LogP contribution in [0.4, 0.5) is 13.2 Å². The lowest BCUT2D eigenvalue weighted by Gasteiger charge is -2.20. The Morgan fingerprint density at radius 3 is 2.56 bits per heavy atom. The molecule has 0 aromatic carbocycles. The standard InChI is InChI=1S/C7H13F3NO2PS2/c1-3-6(2)16-14(12,11-5-15)13-4-7(8,9)10/h5-6H,3-4H2,1-2H3,(H,11,12,15). The molecule has 0 rings (SSSR count). The van der Waals surface area contributed by atoms with Crippen LogP contribution < -0.4 is 5.09 Å². The summed E-state index contributed by atoms with van der Waals surface area (Å²) < 4.78 is 52.0. The Morgan fingerprint density at radius 1 is 1.62 bits per heavy atom. The van der Waals surface area contributed by atoms with Crippen LogP contribution in [0.2, 0.25) is 0 Å². The molecule has 0 bridgehead atoms. The molecule has 96 valence electrons. The second kappa shape index (κ2) is 6.83. The van der Waals surface area contributed by atoms with Crippen LogP contribution in [0.1, 0.15) is 20.3 Å². The summed E-state index contributed by atoms with van der Waals surface area (Å²) in [7, 11) is 0. The molecule has 0 heterocycles.